The van der Waals surface area contributed by atoms with Crippen molar-refractivity contribution in [2.75, 3.05) is 0 Å². The summed E-state index contributed by atoms with van der Waals surface area (Å²) in [6.45, 7) is 5.18. The van der Waals surface area contributed by atoms with E-state index in [2.05, 4.69) is 22.0 Å². The van der Waals surface area contributed by atoms with Crippen LogP contribution in [0, 0.1) is 0 Å². The number of nitrogens with one attached hydrogen (secondary N) is 1. The van der Waals surface area contributed by atoms with Crippen LogP contribution in [0.1, 0.15) is 105 Å². The molecule has 3 aromatic rings. The van der Waals surface area contributed by atoms with Gasteiger partial charge >= 0.3 is 6.55 Å². The number of amides is 1. The highest BCUT2D eigenvalue weighted by Gasteiger charge is 2.34. The van der Waals surface area contributed by atoms with Crippen LogP contribution in [0.4, 0.5) is 8.78 Å². The van der Waals surface area contributed by atoms with Gasteiger partial charge in [0.15, 0.2) is 0 Å². The molecule has 1 saturated carbocycles. The Kier molecular flexibility index (Phi) is 7.83. The van der Waals surface area contributed by atoms with Gasteiger partial charge in [0.1, 0.15) is 0 Å². The number of halogens is 3. The molecule has 2 aliphatic carbocycles. The summed E-state index contributed by atoms with van der Waals surface area (Å²) in [5, 5.41) is 3.95. The molecule has 1 heterocycles. The van der Waals surface area contributed by atoms with Crippen molar-refractivity contribution in [2.45, 2.75) is 95.5 Å². The average Bonchev–Trinajstić information content (AvgIpc) is 3.47. The largest absolute Gasteiger partial charge is 0.333 e. The van der Waals surface area contributed by atoms with E-state index in [1.165, 1.54) is 5.56 Å². The van der Waals surface area contributed by atoms with Gasteiger partial charge in [0, 0.05) is 16.3 Å². The third-order valence-corrected chi connectivity index (χ3v) is 9.52. The van der Waals surface area contributed by atoms with Gasteiger partial charge in [0.25, 0.3) is 10.0 Å². The summed E-state index contributed by atoms with van der Waals surface area (Å²) < 4.78 is 55.8. The Labute approximate surface area is 239 Å². The maximum absolute atomic E-state index is 13.5. The van der Waals surface area contributed by atoms with Crippen LogP contribution in [0.2, 0.25) is 5.02 Å². The highest BCUT2D eigenvalue weighted by Crippen LogP contribution is 2.44. The quantitative estimate of drug-likeness (QED) is 0.285. The lowest BCUT2D eigenvalue weighted by Gasteiger charge is -2.22. The highest BCUT2D eigenvalue weighted by atomic mass is 35.5. The van der Waals surface area contributed by atoms with Crippen molar-refractivity contribution in [1.82, 2.24) is 14.5 Å². The minimum absolute atomic E-state index is 0.0584. The molecule has 1 N–H and O–H groups in total. The molecule has 2 aliphatic rings. The molecule has 0 bridgehead atoms. The fourth-order valence-electron chi connectivity index (χ4n) is 5.75. The second-order valence-electron chi connectivity index (χ2n) is 11.5. The predicted octanol–water partition coefficient (Wildman–Crippen LogP) is 7.26. The topological polar surface area (TPSA) is 81.1 Å². The number of benzene rings is 2. The molecule has 0 atom stereocenters. The summed E-state index contributed by atoms with van der Waals surface area (Å²) in [5.41, 5.74) is 6.29. The second kappa shape index (κ2) is 10.9. The maximum Gasteiger partial charge on any atom is 0.333 e. The first-order valence-corrected chi connectivity index (χ1v) is 15.6. The molecule has 40 heavy (non-hydrogen) atoms. The average molecular weight is 590 g/mol. The number of hydrogen-bond acceptors (Lipinski definition) is 4. The SMILES string of the molecule is CC(C)c1cc(-c2ccc(C3CC3)c(Cl)c2)cc(C(C)C)c1CC(=O)NS(=O)(=O)c1nn(C(F)F)c2c1CCC2. The normalized spacial score (nSPS) is 15.3. The monoisotopic (exact) mass is 589 g/mol. The van der Waals surface area contributed by atoms with Gasteiger partial charge in [-0.2, -0.15) is 22.3 Å². The molecule has 1 amide bonds. The molecule has 1 aromatic heterocycles. The van der Waals surface area contributed by atoms with Gasteiger partial charge in [-0.25, -0.2) is 9.40 Å². The lowest BCUT2D eigenvalue weighted by atomic mass is 9.84. The van der Waals surface area contributed by atoms with Crippen LogP contribution in [-0.4, -0.2) is 24.1 Å². The Morgan fingerprint density at radius 2 is 1.70 bits per heavy atom. The molecule has 2 aromatic carbocycles. The summed E-state index contributed by atoms with van der Waals surface area (Å²) in [7, 11) is -4.43. The Morgan fingerprint density at radius 3 is 2.25 bits per heavy atom. The second-order valence-corrected chi connectivity index (χ2v) is 13.5. The van der Waals surface area contributed by atoms with E-state index in [4.69, 9.17) is 11.6 Å². The summed E-state index contributed by atoms with van der Waals surface area (Å²) in [6.07, 6.45) is 3.38. The fraction of sp³-hybridized carbons (Fsp3) is 0.467. The van der Waals surface area contributed by atoms with Gasteiger partial charge in [0.05, 0.1) is 6.42 Å². The summed E-state index contributed by atoms with van der Waals surface area (Å²) in [6, 6.07) is 10.3. The molecule has 0 spiro atoms. The zero-order chi connectivity index (χ0) is 28.9. The number of alkyl halides is 2. The van der Waals surface area contributed by atoms with Crippen molar-refractivity contribution in [2.24, 2.45) is 0 Å². The molecule has 1 fully saturated rings. The smallest absolute Gasteiger partial charge is 0.274 e. The van der Waals surface area contributed by atoms with Gasteiger partial charge in [-0.1, -0.05) is 63.6 Å². The first-order valence-electron chi connectivity index (χ1n) is 13.8. The first-order chi connectivity index (χ1) is 18.9. The number of hydrogen-bond donors (Lipinski definition) is 1. The molecule has 6 nitrogen and oxygen atoms in total. The van der Waals surface area contributed by atoms with E-state index in [-0.39, 0.29) is 29.5 Å². The highest BCUT2D eigenvalue weighted by molar-refractivity contribution is 7.90. The zero-order valence-electron chi connectivity index (χ0n) is 23.1. The maximum atomic E-state index is 13.5. The van der Waals surface area contributed by atoms with Crippen LogP contribution in [0.3, 0.4) is 0 Å². The molecule has 5 rings (SSSR count). The third kappa shape index (κ3) is 5.55. The number of rotatable bonds is 9. The summed E-state index contributed by atoms with van der Waals surface area (Å²) in [5.74, 6) is -0.0702. The van der Waals surface area contributed by atoms with E-state index in [0.717, 1.165) is 45.7 Å². The molecule has 0 unspecified atom stereocenters. The Morgan fingerprint density at radius 1 is 1.05 bits per heavy atom. The molecule has 10 heteroatoms. The Balaban J connectivity index is 1.46. The third-order valence-electron chi connectivity index (χ3n) is 7.86. The van der Waals surface area contributed by atoms with Crippen molar-refractivity contribution in [3.05, 3.63) is 68.9 Å². The number of sulfonamides is 1. The van der Waals surface area contributed by atoms with Crippen molar-refractivity contribution < 1.29 is 22.0 Å². The predicted molar refractivity (Wildman–Crippen MR) is 152 cm³/mol. The van der Waals surface area contributed by atoms with Crippen LogP contribution in [0.15, 0.2) is 35.4 Å². The number of nitrogens with zero attached hydrogens (tertiary/aromatic N) is 2. The molecule has 0 saturated heterocycles. The van der Waals surface area contributed by atoms with Gasteiger partial charge in [-0.15, -0.1) is 0 Å². The van der Waals surface area contributed by atoms with Gasteiger partial charge < -0.3 is 0 Å². The Hall–Kier alpha value is -2.78. The van der Waals surface area contributed by atoms with Crippen LogP contribution in [0.5, 0.6) is 0 Å². The van der Waals surface area contributed by atoms with Crippen LogP contribution in [0.25, 0.3) is 11.1 Å². The van der Waals surface area contributed by atoms with E-state index in [0.29, 0.717) is 29.9 Å². The first kappa shape index (κ1) is 28.7. The minimum Gasteiger partial charge on any atom is -0.274 e. The zero-order valence-corrected chi connectivity index (χ0v) is 24.7. The van der Waals surface area contributed by atoms with Crippen molar-refractivity contribution in [3.8, 4) is 11.1 Å². The number of carbonyl (C=O) groups excluding carboxylic acids is 1. The van der Waals surface area contributed by atoms with Crippen LogP contribution in [-0.2, 0) is 34.1 Å². The van der Waals surface area contributed by atoms with E-state index in [9.17, 15) is 22.0 Å². The standard InChI is InChI=1S/C30H34ClF2N3O3S/c1-16(2)23-12-20(19-10-11-21(18-8-9-18)26(31)14-19)13-24(17(3)4)25(23)15-28(37)35-40(38,39)29-22-6-5-7-27(22)36(34-29)30(32)33/h10-14,16-18,30H,5-9,15H2,1-4H3,(H,35,37). The Bertz CT molecular complexity index is 1550. The van der Waals surface area contributed by atoms with Crippen molar-refractivity contribution >= 4 is 27.5 Å². The lowest BCUT2D eigenvalue weighted by molar-refractivity contribution is -0.118. The van der Waals surface area contributed by atoms with E-state index >= 15 is 0 Å². The van der Waals surface area contributed by atoms with Crippen LogP contribution < -0.4 is 4.72 Å². The van der Waals surface area contributed by atoms with E-state index in [1.54, 1.807) is 0 Å². The van der Waals surface area contributed by atoms with Gasteiger partial charge in [-0.3, -0.25) is 4.79 Å². The van der Waals surface area contributed by atoms with Gasteiger partial charge in [0.2, 0.25) is 10.9 Å². The minimum atomic E-state index is -4.43. The molecule has 0 aliphatic heterocycles. The summed E-state index contributed by atoms with van der Waals surface area (Å²) >= 11 is 6.63. The molecule has 214 valence electrons. The number of carbonyl (C=O) groups is 1. The fourth-order valence-corrected chi connectivity index (χ4v) is 7.30. The summed E-state index contributed by atoms with van der Waals surface area (Å²) in [4.78, 5) is 13.2. The lowest BCUT2D eigenvalue weighted by Crippen LogP contribution is -2.33. The van der Waals surface area contributed by atoms with Gasteiger partial charge in [-0.05, 0) is 89.3 Å². The molecular weight excluding hydrogens is 556 g/mol. The van der Waals surface area contributed by atoms with E-state index < -0.39 is 27.5 Å². The number of fused-ring (bicyclic) bond motifs is 1. The number of aromatic nitrogens is 2. The van der Waals surface area contributed by atoms with Crippen molar-refractivity contribution in [3.63, 3.8) is 0 Å². The molecule has 0 radical (unpaired) electrons. The van der Waals surface area contributed by atoms with Crippen LogP contribution >= 0.6 is 11.6 Å². The molecular formula is C30H34ClF2N3O3S. The van der Waals surface area contributed by atoms with E-state index in [1.807, 2.05) is 45.9 Å². The van der Waals surface area contributed by atoms with Crippen molar-refractivity contribution in [1.29, 1.82) is 0 Å².